The first kappa shape index (κ1) is 14.5. The topological polar surface area (TPSA) is 51.2 Å². The molecule has 0 spiro atoms. The molecule has 5 heteroatoms. The van der Waals surface area contributed by atoms with Crippen molar-refractivity contribution in [2.24, 2.45) is 0 Å². The Morgan fingerprint density at radius 3 is 2.60 bits per heavy atom. The number of ether oxygens (including phenoxy) is 1. The highest BCUT2D eigenvalue weighted by atomic mass is 79.9. The van der Waals surface area contributed by atoms with Crippen LogP contribution in [0.3, 0.4) is 0 Å². The Morgan fingerprint density at radius 1 is 1.25 bits per heavy atom. The molecule has 0 aliphatic rings. The van der Waals surface area contributed by atoms with Crippen molar-refractivity contribution in [3.05, 3.63) is 52.8 Å². The Bertz CT molecular complexity index is 600. The van der Waals surface area contributed by atoms with Crippen molar-refractivity contribution in [1.82, 2.24) is 4.98 Å². The third-order valence-corrected chi connectivity index (χ3v) is 2.98. The number of hydrogen-bond acceptors (Lipinski definition) is 3. The number of carbonyl (C=O) groups is 1. The zero-order chi connectivity index (χ0) is 14.5. The summed E-state index contributed by atoms with van der Waals surface area (Å²) >= 11 is 3.38. The summed E-state index contributed by atoms with van der Waals surface area (Å²) in [6, 6.07) is 8.81. The van der Waals surface area contributed by atoms with Gasteiger partial charge >= 0.3 is 0 Å². The minimum atomic E-state index is -0.209. The first-order valence-corrected chi connectivity index (χ1v) is 7.03. The lowest BCUT2D eigenvalue weighted by atomic mass is 10.2. The van der Waals surface area contributed by atoms with E-state index in [4.69, 9.17) is 4.74 Å². The van der Waals surface area contributed by atoms with Gasteiger partial charge in [0, 0.05) is 22.6 Å². The van der Waals surface area contributed by atoms with Crippen LogP contribution in [-0.2, 0) is 0 Å². The number of nitrogens with one attached hydrogen (secondary N) is 1. The number of hydrogen-bond donors (Lipinski definition) is 1. The zero-order valence-electron chi connectivity index (χ0n) is 11.3. The quantitative estimate of drug-likeness (QED) is 0.922. The van der Waals surface area contributed by atoms with Gasteiger partial charge in [0.05, 0.1) is 11.7 Å². The van der Waals surface area contributed by atoms with Crippen molar-refractivity contribution < 1.29 is 9.53 Å². The average molecular weight is 335 g/mol. The lowest BCUT2D eigenvalue weighted by Gasteiger charge is -2.14. The predicted octanol–water partition coefficient (Wildman–Crippen LogP) is 3.88. The second kappa shape index (κ2) is 6.52. The van der Waals surface area contributed by atoms with E-state index in [1.165, 1.54) is 0 Å². The Labute approximate surface area is 126 Å². The third kappa shape index (κ3) is 3.81. The van der Waals surface area contributed by atoms with Gasteiger partial charge in [-0.1, -0.05) is 15.9 Å². The molecule has 0 saturated carbocycles. The number of halogens is 1. The maximum atomic E-state index is 12.3. The molecule has 0 atom stereocenters. The molecule has 0 radical (unpaired) electrons. The summed E-state index contributed by atoms with van der Waals surface area (Å²) in [5, 5.41) is 2.82. The van der Waals surface area contributed by atoms with Gasteiger partial charge in [0.2, 0.25) is 0 Å². The molecule has 1 aromatic heterocycles. The second-order valence-electron chi connectivity index (χ2n) is 4.50. The molecule has 0 aliphatic carbocycles. The molecule has 2 rings (SSSR count). The number of rotatable bonds is 4. The van der Waals surface area contributed by atoms with Gasteiger partial charge in [-0.3, -0.25) is 9.78 Å². The first-order valence-electron chi connectivity index (χ1n) is 6.24. The van der Waals surface area contributed by atoms with Gasteiger partial charge in [0.15, 0.2) is 0 Å². The molecule has 0 unspecified atom stereocenters. The molecule has 104 valence electrons. The lowest BCUT2D eigenvalue weighted by molar-refractivity contribution is 0.102. The van der Waals surface area contributed by atoms with Crippen LogP contribution in [0.5, 0.6) is 5.75 Å². The van der Waals surface area contributed by atoms with Crippen LogP contribution >= 0.6 is 15.9 Å². The van der Waals surface area contributed by atoms with Gasteiger partial charge in [-0.2, -0.15) is 0 Å². The molecule has 0 aliphatic heterocycles. The summed E-state index contributed by atoms with van der Waals surface area (Å²) in [7, 11) is 0. The lowest BCUT2D eigenvalue weighted by Crippen LogP contribution is -2.15. The molecular formula is C15H15BrN2O2. The van der Waals surface area contributed by atoms with Gasteiger partial charge in [0.1, 0.15) is 5.75 Å². The minimum Gasteiger partial charge on any atom is -0.490 e. The van der Waals surface area contributed by atoms with Gasteiger partial charge in [-0.25, -0.2) is 0 Å². The molecule has 4 nitrogen and oxygen atoms in total. The van der Waals surface area contributed by atoms with Crippen LogP contribution in [-0.4, -0.2) is 17.0 Å². The van der Waals surface area contributed by atoms with E-state index in [1.54, 1.807) is 36.7 Å². The van der Waals surface area contributed by atoms with E-state index in [-0.39, 0.29) is 12.0 Å². The predicted molar refractivity (Wildman–Crippen MR) is 82.1 cm³/mol. The molecule has 0 saturated heterocycles. The number of nitrogens with zero attached hydrogens (tertiary/aromatic N) is 1. The molecule has 1 aromatic carbocycles. The summed E-state index contributed by atoms with van der Waals surface area (Å²) in [4.78, 5) is 16.2. The maximum Gasteiger partial charge on any atom is 0.259 e. The Kier molecular flexibility index (Phi) is 4.74. The summed E-state index contributed by atoms with van der Waals surface area (Å²) in [6.07, 6.45) is 3.25. The Morgan fingerprint density at radius 2 is 1.95 bits per heavy atom. The third-order valence-electron chi connectivity index (χ3n) is 2.49. The van der Waals surface area contributed by atoms with E-state index in [1.807, 2.05) is 19.9 Å². The van der Waals surface area contributed by atoms with E-state index in [0.717, 1.165) is 4.47 Å². The number of benzene rings is 1. The van der Waals surface area contributed by atoms with Crippen LogP contribution in [0.25, 0.3) is 0 Å². The van der Waals surface area contributed by atoms with Crippen LogP contribution in [0.4, 0.5) is 5.69 Å². The van der Waals surface area contributed by atoms with Crippen LogP contribution in [0, 0.1) is 0 Å². The number of aromatic nitrogens is 1. The smallest absolute Gasteiger partial charge is 0.259 e. The minimum absolute atomic E-state index is 0.00299. The molecule has 0 bridgehead atoms. The van der Waals surface area contributed by atoms with Crippen molar-refractivity contribution in [2.45, 2.75) is 20.0 Å². The molecule has 2 aromatic rings. The van der Waals surface area contributed by atoms with Crippen molar-refractivity contribution in [3.8, 4) is 5.75 Å². The van der Waals surface area contributed by atoms with Crippen LogP contribution in [0.1, 0.15) is 24.2 Å². The second-order valence-corrected chi connectivity index (χ2v) is 5.41. The maximum absolute atomic E-state index is 12.3. The van der Waals surface area contributed by atoms with Gasteiger partial charge in [0.25, 0.3) is 5.91 Å². The highest BCUT2D eigenvalue weighted by Crippen LogP contribution is 2.25. The van der Waals surface area contributed by atoms with Crippen LogP contribution in [0.2, 0.25) is 0 Å². The Hall–Kier alpha value is -1.88. The standard InChI is InChI=1S/C15H15BrN2O2/c1-10(2)20-14-9-11(16)3-4-13(14)15(19)18-12-5-7-17-8-6-12/h3-10H,1-2H3,(H,17,18,19). The molecule has 1 amide bonds. The number of anilines is 1. The van der Waals surface area contributed by atoms with Crippen molar-refractivity contribution in [3.63, 3.8) is 0 Å². The van der Waals surface area contributed by atoms with E-state index >= 15 is 0 Å². The van der Waals surface area contributed by atoms with E-state index in [0.29, 0.717) is 17.0 Å². The highest BCUT2D eigenvalue weighted by molar-refractivity contribution is 9.10. The largest absolute Gasteiger partial charge is 0.490 e. The first-order chi connectivity index (χ1) is 9.56. The fourth-order valence-electron chi connectivity index (χ4n) is 1.67. The molecule has 1 heterocycles. The van der Waals surface area contributed by atoms with E-state index in [2.05, 4.69) is 26.2 Å². The molecular weight excluding hydrogens is 320 g/mol. The monoisotopic (exact) mass is 334 g/mol. The average Bonchev–Trinajstić information content (AvgIpc) is 2.39. The van der Waals surface area contributed by atoms with E-state index < -0.39 is 0 Å². The Balaban J connectivity index is 2.25. The van der Waals surface area contributed by atoms with Crippen molar-refractivity contribution in [1.29, 1.82) is 0 Å². The number of carbonyl (C=O) groups excluding carboxylic acids is 1. The van der Waals surface area contributed by atoms with Crippen molar-refractivity contribution >= 4 is 27.5 Å². The SMILES string of the molecule is CC(C)Oc1cc(Br)ccc1C(=O)Nc1ccncc1. The zero-order valence-corrected chi connectivity index (χ0v) is 12.8. The highest BCUT2D eigenvalue weighted by Gasteiger charge is 2.14. The summed E-state index contributed by atoms with van der Waals surface area (Å²) < 4.78 is 6.55. The van der Waals surface area contributed by atoms with Crippen LogP contribution in [0.15, 0.2) is 47.2 Å². The number of amides is 1. The van der Waals surface area contributed by atoms with Crippen LogP contribution < -0.4 is 10.1 Å². The van der Waals surface area contributed by atoms with Gasteiger partial charge in [-0.15, -0.1) is 0 Å². The summed E-state index contributed by atoms with van der Waals surface area (Å²) in [5.41, 5.74) is 1.20. The van der Waals surface area contributed by atoms with Gasteiger partial charge < -0.3 is 10.1 Å². The van der Waals surface area contributed by atoms with E-state index in [9.17, 15) is 4.79 Å². The van der Waals surface area contributed by atoms with Gasteiger partial charge in [-0.05, 0) is 44.2 Å². The summed E-state index contributed by atoms with van der Waals surface area (Å²) in [5.74, 6) is 0.347. The summed E-state index contributed by atoms with van der Waals surface area (Å²) in [6.45, 7) is 3.84. The molecule has 20 heavy (non-hydrogen) atoms. The number of pyridine rings is 1. The van der Waals surface area contributed by atoms with Crippen molar-refractivity contribution in [2.75, 3.05) is 5.32 Å². The fraction of sp³-hybridized carbons (Fsp3) is 0.200. The molecule has 0 fully saturated rings. The fourth-order valence-corrected chi connectivity index (χ4v) is 2.01. The molecule has 1 N–H and O–H groups in total. The normalized spacial score (nSPS) is 10.4.